The molecule has 0 aliphatic rings. The first-order chi connectivity index (χ1) is 7.54. The summed E-state index contributed by atoms with van der Waals surface area (Å²) in [5.41, 5.74) is 4.65. The Hall–Kier alpha value is -2.37. The van der Waals surface area contributed by atoms with Crippen molar-refractivity contribution >= 4 is 24.3 Å². The van der Waals surface area contributed by atoms with Crippen LogP contribution in [0, 0.1) is 6.92 Å². The molecule has 0 fully saturated rings. The zero-order valence-electron chi connectivity index (χ0n) is 8.52. The van der Waals surface area contributed by atoms with Gasteiger partial charge in [-0.15, -0.1) is 0 Å². The zero-order valence-corrected chi connectivity index (χ0v) is 8.52. The van der Waals surface area contributed by atoms with E-state index in [4.69, 9.17) is 10.2 Å². The van der Waals surface area contributed by atoms with Crippen LogP contribution in [0.3, 0.4) is 0 Å². The maximum atomic E-state index is 11.2. The first kappa shape index (κ1) is 11.7. The third kappa shape index (κ3) is 2.81. The summed E-state index contributed by atoms with van der Waals surface area (Å²) in [4.78, 5) is 32.3. The summed E-state index contributed by atoms with van der Waals surface area (Å²) < 4.78 is 5.14. The van der Waals surface area contributed by atoms with Crippen LogP contribution < -0.4 is 11.1 Å². The minimum Gasteiger partial charge on any atom is -0.462 e. The fourth-order valence-corrected chi connectivity index (χ4v) is 1.05. The molecule has 16 heavy (non-hydrogen) atoms. The van der Waals surface area contributed by atoms with Crippen LogP contribution in [0.25, 0.3) is 6.08 Å². The van der Waals surface area contributed by atoms with Gasteiger partial charge in [-0.3, -0.25) is 19.7 Å². The van der Waals surface area contributed by atoms with Gasteiger partial charge in [0.25, 0.3) is 11.8 Å². The van der Waals surface area contributed by atoms with Crippen molar-refractivity contribution in [1.82, 2.24) is 5.32 Å². The van der Waals surface area contributed by atoms with E-state index < -0.39 is 11.8 Å². The molecule has 0 bridgehead atoms. The molecular weight excluding hydrogens is 212 g/mol. The van der Waals surface area contributed by atoms with Crippen molar-refractivity contribution in [3.05, 3.63) is 29.2 Å². The van der Waals surface area contributed by atoms with Gasteiger partial charge in [-0.1, -0.05) is 0 Å². The smallest absolute Gasteiger partial charge is 0.263 e. The molecule has 3 amide bonds. The van der Waals surface area contributed by atoms with Crippen molar-refractivity contribution in [2.24, 2.45) is 5.73 Å². The van der Waals surface area contributed by atoms with Gasteiger partial charge in [-0.2, -0.15) is 0 Å². The largest absolute Gasteiger partial charge is 0.462 e. The minimum atomic E-state index is -0.937. The molecule has 1 heterocycles. The lowest BCUT2D eigenvalue weighted by Gasteiger charge is -1.99. The summed E-state index contributed by atoms with van der Waals surface area (Å²) in [5.74, 6) is -0.858. The lowest BCUT2D eigenvalue weighted by Crippen LogP contribution is -2.30. The zero-order chi connectivity index (χ0) is 12.1. The predicted molar refractivity (Wildman–Crippen MR) is 54.8 cm³/mol. The summed E-state index contributed by atoms with van der Waals surface area (Å²) in [6, 6.07) is 3.24. The Morgan fingerprint density at radius 1 is 1.44 bits per heavy atom. The first-order valence-electron chi connectivity index (χ1n) is 4.37. The van der Waals surface area contributed by atoms with Crippen molar-refractivity contribution in [3.8, 4) is 0 Å². The molecule has 0 aliphatic carbocycles. The number of hydrogen-bond acceptors (Lipinski definition) is 4. The average Bonchev–Trinajstić information content (AvgIpc) is 2.60. The Balaban J connectivity index is 3.02. The van der Waals surface area contributed by atoms with E-state index in [1.807, 2.05) is 5.32 Å². The summed E-state index contributed by atoms with van der Waals surface area (Å²) in [6.45, 7) is 1.72. The van der Waals surface area contributed by atoms with Gasteiger partial charge in [0, 0.05) is 0 Å². The standard InChI is InChI=1S/C10H10N2O4/c1-6-2-3-7(16-6)4-8(9(11)14)10(15)12-5-13/h2-5H,1H3,(H2,11,14)(H,12,13,15)/b8-4+. The lowest BCUT2D eigenvalue weighted by molar-refractivity contribution is -0.124. The van der Waals surface area contributed by atoms with E-state index in [1.54, 1.807) is 19.1 Å². The van der Waals surface area contributed by atoms with Gasteiger partial charge in [-0.05, 0) is 25.1 Å². The Labute approximate surface area is 91.1 Å². The van der Waals surface area contributed by atoms with Crippen molar-refractivity contribution in [2.45, 2.75) is 6.92 Å². The third-order valence-electron chi connectivity index (χ3n) is 1.75. The number of imide groups is 1. The van der Waals surface area contributed by atoms with Crippen LogP contribution in [-0.2, 0) is 14.4 Å². The van der Waals surface area contributed by atoms with Gasteiger partial charge < -0.3 is 10.2 Å². The van der Waals surface area contributed by atoms with Crippen LogP contribution in [0.2, 0.25) is 0 Å². The van der Waals surface area contributed by atoms with Crippen LogP contribution in [0.1, 0.15) is 11.5 Å². The molecule has 1 aromatic heterocycles. The molecule has 0 aliphatic heterocycles. The number of carbonyl (C=O) groups is 3. The van der Waals surface area contributed by atoms with E-state index in [-0.39, 0.29) is 12.0 Å². The molecule has 6 heteroatoms. The molecule has 0 radical (unpaired) electrons. The van der Waals surface area contributed by atoms with E-state index in [2.05, 4.69) is 0 Å². The molecule has 0 spiro atoms. The second-order valence-corrected chi connectivity index (χ2v) is 2.96. The van der Waals surface area contributed by atoms with Gasteiger partial charge >= 0.3 is 0 Å². The summed E-state index contributed by atoms with van der Waals surface area (Å²) in [7, 11) is 0. The summed E-state index contributed by atoms with van der Waals surface area (Å²) in [5, 5.41) is 1.82. The van der Waals surface area contributed by atoms with Gasteiger partial charge in [0.05, 0.1) is 0 Å². The second kappa shape index (κ2) is 4.92. The van der Waals surface area contributed by atoms with Crippen molar-refractivity contribution in [3.63, 3.8) is 0 Å². The minimum absolute atomic E-state index is 0.173. The molecule has 0 atom stereocenters. The highest BCUT2D eigenvalue weighted by molar-refractivity contribution is 6.22. The molecule has 6 nitrogen and oxygen atoms in total. The lowest BCUT2D eigenvalue weighted by atomic mass is 10.2. The Morgan fingerprint density at radius 2 is 2.12 bits per heavy atom. The molecule has 1 aromatic rings. The summed E-state index contributed by atoms with van der Waals surface area (Å²) >= 11 is 0. The first-order valence-corrected chi connectivity index (χ1v) is 4.37. The maximum absolute atomic E-state index is 11.2. The Morgan fingerprint density at radius 3 is 2.56 bits per heavy atom. The molecule has 0 aromatic carbocycles. The number of hydrogen-bond donors (Lipinski definition) is 2. The van der Waals surface area contributed by atoms with Crippen molar-refractivity contribution < 1.29 is 18.8 Å². The number of nitrogens with two attached hydrogens (primary N) is 1. The SMILES string of the molecule is Cc1ccc(/C=C(\C(N)=O)C(=O)NC=O)o1. The topological polar surface area (TPSA) is 102 Å². The molecule has 3 N–H and O–H groups in total. The highest BCUT2D eigenvalue weighted by atomic mass is 16.3. The van der Waals surface area contributed by atoms with Crippen LogP contribution in [0.15, 0.2) is 22.1 Å². The normalized spacial score (nSPS) is 10.9. The summed E-state index contributed by atoms with van der Waals surface area (Å²) in [6.07, 6.45) is 1.35. The van der Waals surface area contributed by atoms with Gasteiger partial charge in [0.2, 0.25) is 6.41 Å². The van der Waals surface area contributed by atoms with Crippen molar-refractivity contribution in [2.75, 3.05) is 0 Å². The molecule has 0 saturated carbocycles. The number of carbonyl (C=O) groups excluding carboxylic acids is 3. The quantitative estimate of drug-likeness (QED) is 0.317. The van der Waals surface area contributed by atoms with Crippen LogP contribution in [-0.4, -0.2) is 18.2 Å². The second-order valence-electron chi connectivity index (χ2n) is 2.96. The predicted octanol–water partition coefficient (Wildman–Crippen LogP) is -0.271. The molecule has 0 saturated heterocycles. The fourth-order valence-electron chi connectivity index (χ4n) is 1.05. The number of aryl methyl sites for hydroxylation is 1. The fraction of sp³-hybridized carbons (Fsp3) is 0.100. The number of amides is 3. The van der Waals surface area contributed by atoms with Crippen LogP contribution >= 0.6 is 0 Å². The van der Waals surface area contributed by atoms with Gasteiger partial charge in [-0.25, -0.2) is 0 Å². The Bertz CT molecular complexity index is 459. The average molecular weight is 222 g/mol. The van der Waals surface area contributed by atoms with Crippen molar-refractivity contribution in [1.29, 1.82) is 0 Å². The highest BCUT2D eigenvalue weighted by Crippen LogP contribution is 2.11. The van der Waals surface area contributed by atoms with Crippen LogP contribution in [0.5, 0.6) is 0 Å². The molecule has 1 rings (SSSR count). The van der Waals surface area contributed by atoms with E-state index in [1.165, 1.54) is 6.08 Å². The number of furan rings is 1. The van der Waals surface area contributed by atoms with Gasteiger partial charge in [0.15, 0.2) is 0 Å². The van der Waals surface area contributed by atoms with E-state index in [0.717, 1.165) is 0 Å². The molecule has 0 unspecified atom stereocenters. The third-order valence-corrected chi connectivity index (χ3v) is 1.75. The highest BCUT2D eigenvalue weighted by Gasteiger charge is 2.15. The number of rotatable bonds is 4. The van der Waals surface area contributed by atoms with Gasteiger partial charge in [0.1, 0.15) is 17.1 Å². The Kier molecular flexibility index (Phi) is 3.60. The number of nitrogens with one attached hydrogen (secondary N) is 1. The van der Waals surface area contributed by atoms with E-state index in [9.17, 15) is 14.4 Å². The van der Waals surface area contributed by atoms with E-state index >= 15 is 0 Å². The number of primary amides is 1. The van der Waals surface area contributed by atoms with Crippen LogP contribution in [0.4, 0.5) is 0 Å². The maximum Gasteiger partial charge on any atom is 0.263 e. The molecule has 84 valence electrons. The van der Waals surface area contributed by atoms with E-state index in [0.29, 0.717) is 11.5 Å². The monoisotopic (exact) mass is 222 g/mol. The molecular formula is C10H10N2O4.